The number of aryl methyl sites for hydroxylation is 1. The molecule has 0 aromatic carbocycles. The number of hydrogen-bond acceptors (Lipinski definition) is 6. The maximum absolute atomic E-state index is 12.5. The Bertz CT molecular complexity index is 851. The van der Waals surface area contributed by atoms with Crippen LogP contribution in [0.15, 0.2) is 29.3 Å². The van der Waals surface area contributed by atoms with Gasteiger partial charge in [-0.15, -0.1) is 5.10 Å². The van der Waals surface area contributed by atoms with Gasteiger partial charge in [-0.3, -0.25) is 14.2 Å². The molecule has 0 spiro atoms. The zero-order valence-corrected chi connectivity index (χ0v) is 14.8. The first kappa shape index (κ1) is 16.7. The summed E-state index contributed by atoms with van der Waals surface area (Å²) in [4.78, 5) is 32.4. The first-order chi connectivity index (χ1) is 12.6. The second-order valence-electron chi connectivity index (χ2n) is 6.95. The van der Waals surface area contributed by atoms with Crippen LogP contribution in [0.1, 0.15) is 30.1 Å². The summed E-state index contributed by atoms with van der Waals surface area (Å²) in [7, 11) is 0. The highest BCUT2D eigenvalue weighted by Gasteiger charge is 2.26. The first-order valence-electron chi connectivity index (χ1n) is 8.99. The molecule has 26 heavy (non-hydrogen) atoms. The molecule has 0 atom stereocenters. The summed E-state index contributed by atoms with van der Waals surface area (Å²) < 4.78 is 1.35. The van der Waals surface area contributed by atoms with E-state index >= 15 is 0 Å². The first-order valence-corrected chi connectivity index (χ1v) is 8.99. The lowest BCUT2D eigenvalue weighted by Gasteiger charge is -2.35. The number of aromatic nitrogens is 4. The van der Waals surface area contributed by atoms with E-state index < -0.39 is 0 Å². The number of piperazine rings is 1. The molecule has 3 heterocycles. The van der Waals surface area contributed by atoms with Crippen molar-refractivity contribution >= 4 is 11.7 Å². The molecule has 0 bridgehead atoms. The number of nitrogens with zero attached hydrogens (tertiary/aromatic N) is 6. The zero-order chi connectivity index (χ0) is 18.1. The van der Waals surface area contributed by atoms with Crippen molar-refractivity contribution in [2.75, 3.05) is 31.1 Å². The Morgan fingerprint density at radius 3 is 2.54 bits per heavy atom. The lowest BCUT2D eigenvalue weighted by atomic mass is 10.2. The monoisotopic (exact) mass is 354 g/mol. The van der Waals surface area contributed by atoms with Crippen molar-refractivity contribution in [3.63, 3.8) is 0 Å². The quantitative estimate of drug-likeness (QED) is 0.798. The summed E-state index contributed by atoms with van der Waals surface area (Å²) in [6.07, 6.45) is 3.87. The van der Waals surface area contributed by atoms with Crippen LogP contribution in [-0.4, -0.2) is 56.7 Å². The number of hydrogen-bond donors (Lipinski definition) is 0. The van der Waals surface area contributed by atoms with E-state index in [0.717, 1.165) is 11.5 Å². The second-order valence-corrected chi connectivity index (χ2v) is 6.95. The van der Waals surface area contributed by atoms with E-state index in [-0.39, 0.29) is 18.0 Å². The third-order valence-corrected chi connectivity index (χ3v) is 4.94. The fraction of sp³-hybridized carbons (Fsp3) is 0.500. The highest BCUT2D eigenvalue weighted by Crippen LogP contribution is 2.38. The van der Waals surface area contributed by atoms with Crippen LogP contribution in [0.5, 0.6) is 0 Å². The average molecular weight is 354 g/mol. The van der Waals surface area contributed by atoms with E-state index in [2.05, 4.69) is 26.1 Å². The van der Waals surface area contributed by atoms with Crippen LogP contribution in [0.2, 0.25) is 0 Å². The lowest BCUT2D eigenvalue weighted by molar-refractivity contribution is -0.132. The molecule has 136 valence electrons. The Balaban J connectivity index is 1.33. The van der Waals surface area contributed by atoms with Gasteiger partial charge in [-0.05, 0) is 31.9 Å². The maximum Gasteiger partial charge on any atom is 0.253 e. The van der Waals surface area contributed by atoms with Crippen molar-refractivity contribution in [1.82, 2.24) is 24.6 Å². The molecule has 2 fully saturated rings. The fourth-order valence-corrected chi connectivity index (χ4v) is 3.17. The van der Waals surface area contributed by atoms with E-state index in [1.165, 1.54) is 29.8 Å². The minimum atomic E-state index is -0.199. The number of anilines is 1. The van der Waals surface area contributed by atoms with Gasteiger partial charge in [0.2, 0.25) is 5.91 Å². The molecule has 0 N–H and O–H groups in total. The maximum atomic E-state index is 12.5. The van der Waals surface area contributed by atoms with Gasteiger partial charge in [0.15, 0.2) is 5.82 Å². The van der Waals surface area contributed by atoms with Gasteiger partial charge in [0.1, 0.15) is 6.54 Å². The van der Waals surface area contributed by atoms with E-state index in [4.69, 9.17) is 0 Å². The summed E-state index contributed by atoms with van der Waals surface area (Å²) in [5, 5.41) is 8.67. The molecule has 2 aromatic rings. The molecule has 0 unspecified atom stereocenters. The topological polar surface area (TPSA) is 84.2 Å². The number of carbonyl (C=O) groups excluding carboxylic acids is 1. The normalized spacial score (nSPS) is 17.4. The zero-order valence-electron chi connectivity index (χ0n) is 14.8. The van der Waals surface area contributed by atoms with Crippen molar-refractivity contribution in [2.24, 2.45) is 0 Å². The summed E-state index contributed by atoms with van der Waals surface area (Å²) in [5.74, 6) is 1.40. The van der Waals surface area contributed by atoms with E-state index in [1.807, 2.05) is 6.07 Å². The highest BCUT2D eigenvalue weighted by molar-refractivity contribution is 5.76. The van der Waals surface area contributed by atoms with Crippen molar-refractivity contribution in [1.29, 1.82) is 0 Å². The number of rotatable bonds is 4. The Labute approximate surface area is 151 Å². The van der Waals surface area contributed by atoms with Gasteiger partial charge in [-0.25, -0.2) is 4.98 Å². The molecule has 1 amide bonds. The van der Waals surface area contributed by atoms with Gasteiger partial charge in [0, 0.05) is 43.9 Å². The molecular formula is C18H22N6O2. The predicted octanol–water partition coefficient (Wildman–Crippen LogP) is 0.568. The average Bonchev–Trinajstić information content (AvgIpc) is 3.49. The van der Waals surface area contributed by atoms with Gasteiger partial charge >= 0.3 is 0 Å². The molecule has 8 heteroatoms. The SMILES string of the molecule is Cc1cc(=O)n(CC(=O)N2CCN(c3ccc(C4CC4)nn3)CC2)cn1. The van der Waals surface area contributed by atoms with Crippen molar-refractivity contribution in [2.45, 2.75) is 32.2 Å². The molecule has 8 nitrogen and oxygen atoms in total. The standard InChI is InChI=1S/C18H22N6O2/c1-13-10-17(25)24(12-19-13)11-18(26)23-8-6-22(7-9-23)16-5-4-15(20-21-16)14-2-3-14/h4-5,10,12,14H,2-3,6-9,11H2,1H3. The molecule has 2 aromatic heterocycles. The van der Waals surface area contributed by atoms with Gasteiger partial charge in [-0.2, -0.15) is 5.10 Å². The molecule has 1 saturated heterocycles. The third-order valence-electron chi connectivity index (χ3n) is 4.94. The van der Waals surface area contributed by atoms with Crippen molar-refractivity contribution in [3.05, 3.63) is 46.3 Å². The Morgan fingerprint density at radius 1 is 1.15 bits per heavy atom. The van der Waals surface area contributed by atoms with E-state index in [1.54, 1.807) is 11.8 Å². The lowest BCUT2D eigenvalue weighted by Crippen LogP contribution is -2.50. The Morgan fingerprint density at radius 2 is 1.92 bits per heavy atom. The smallest absolute Gasteiger partial charge is 0.253 e. The molecule has 4 rings (SSSR count). The Hall–Kier alpha value is -2.77. The van der Waals surface area contributed by atoms with Crippen LogP contribution in [0.3, 0.4) is 0 Å². The largest absolute Gasteiger partial charge is 0.352 e. The van der Waals surface area contributed by atoms with Crippen LogP contribution < -0.4 is 10.5 Å². The number of carbonyl (C=O) groups is 1. The van der Waals surface area contributed by atoms with Gasteiger partial charge in [0.05, 0.1) is 12.0 Å². The van der Waals surface area contributed by atoms with Gasteiger partial charge in [-0.1, -0.05) is 0 Å². The minimum absolute atomic E-state index is 0.0298. The van der Waals surface area contributed by atoms with Gasteiger partial charge < -0.3 is 9.80 Å². The minimum Gasteiger partial charge on any atom is -0.352 e. The molecule has 1 saturated carbocycles. The van der Waals surface area contributed by atoms with Crippen LogP contribution in [0.4, 0.5) is 5.82 Å². The summed E-state index contributed by atoms with van der Waals surface area (Å²) in [6.45, 7) is 4.43. The van der Waals surface area contributed by atoms with Crippen LogP contribution in [-0.2, 0) is 11.3 Å². The van der Waals surface area contributed by atoms with E-state index in [9.17, 15) is 9.59 Å². The third kappa shape index (κ3) is 3.58. The molecular weight excluding hydrogens is 332 g/mol. The van der Waals surface area contributed by atoms with Crippen LogP contribution in [0.25, 0.3) is 0 Å². The summed E-state index contributed by atoms with van der Waals surface area (Å²) in [5.41, 5.74) is 1.54. The molecule has 2 aliphatic rings. The fourth-order valence-electron chi connectivity index (χ4n) is 3.17. The summed E-state index contributed by atoms with van der Waals surface area (Å²) in [6, 6.07) is 5.53. The predicted molar refractivity (Wildman–Crippen MR) is 96.0 cm³/mol. The highest BCUT2D eigenvalue weighted by atomic mass is 16.2. The number of amides is 1. The van der Waals surface area contributed by atoms with Crippen molar-refractivity contribution < 1.29 is 4.79 Å². The molecule has 1 aliphatic carbocycles. The van der Waals surface area contributed by atoms with Crippen LogP contribution >= 0.6 is 0 Å². The summed E-state index contributed by atoms with van der Waals surface area (Å²) >= 11 is 0. The van der Waals surface area contributed by atoms with E-state index in [0.29, 0.717) is 37.8 Å². The Kier molecular flexibility index (Phi) is 4.40. The molecule has 1 aliphatic heterocycles. The second kappa shape index (κ2) is 6.86. The van der Waals surface area contributed by atoms with Crippen LogP contribution in [0, 0.1) is 6.92 Å². The van der Waals surface area contributed by atoms with Gasteiger partial charge in [0.25, 0.3) is 5.56 Å². The van der Waals surface area contributed by atoms with Crippen molar-refractivity contribution in [3.8, 4) is 0 Å². The molecule has 0 radical (unpaired) electrons.